The molecule has 0 bridgehead atoms. The number of aliphatic carboxylic acids is 1. The lowest BCUT2D eigenvalue weighted by molar-refractivity contribution is -0.139. The number of ether oxygens (including phenoxy) is 1. The van der Waals surface area contributed by atoms with E-state index in [1.807, 2.05) is 0 Å². The Morgan fingerprint density at radius 2 is 2.22 bits per heavy atom. The first kappa shape index (κ1) is 14.0. The van der Waals surface area contributed by atoms with E-state index in [0.717, 1.165) is 0 Å². The number of carbonyl (C=O) groups excluding carboxylic acids is 1. The van der Waals surface area contributed by atoms with Crippen molar-refractivity contribution in [2.45, 2.75) is 38.8 Å². The summed E-state index contributed by atoms with van der Waals surface area (Å²) in [5.74, 6) is -1.14. The number of carboxylic acid groups (broad SMARTS) is 1. The number of carbonyl (C=O) groups is 2. The number of nitrogens with one attached hydrogen (secondary N) is 2. The fourth-order valence-corrected chi connectivity index (χ4v) is 1.26. The lowest BCUT2D eigenvalue weighted by Gasteiger charge is -2.21. The van der Waals surface area contributed by atoms with Crippen LogP contribution in [0.15, 0.2) is 12.5 Å². The monoisotopic (exact) mass is 255 g/mol. The van der Waals surface area contributed by atoms with Crippen molar-refractivity contribution in [2.24, 2.45) is 0 Å². The molecule has 1 heterocycles. The second kappa shape index (κ2) is 5.52. The van der Waals surface area contributed by atoms with Gasteiger partial charge in [0.2, 0.25) is 0 Å². The third-order valence-electron chi connectivity index (χ3n) is 1.96. The molecule has 0 unspecified atom stereocenters. The van der Waals surface area contributed by atoms with Gasteiger partial charge in [-0.25, -0.2) is 14.6 Å². The number of aromatic nitrogens is 2. The predicted octanol–water partition coefficient (Wildman–Crippen LogP) is 0.930. The van der Waals surface area contributed by atoms with Crippen molar-refractivity contribution in [3.63, 3.8) is 0 Å². The Kier molecular flexibility index (Phi) is 4.30. The van der Waals surface area contributed by atoms with Gasteiger partial charge < -0.3 is 20.1 Å². The molecule has 0 fully saturated rings. The lowest BCUT2D eigenvalue weighted by Crippen LogP contribution is -2.44. The molecule has 0 aliphatic rings. The Morgan fingerprint density at radius 1 is 1.56 bits per heavy atom. The molecular formula is C11H17N3O4. The summed E-state index contributed by atoms with van der Waals surface area (Å²) in [5.41, 5.74) is -0.113. The Hall–Kier alpha value is -2.05. The molecule has 0 aliphatic carbocycles. The van der Waals surface area contributed by atoms with Gasteiger partial charge in [0.25, 0.3) is 0 Å². The second-order valence-corrected chi connectivity index (χ2v) is 4.80. The van der Waals surface area contributed by atoms with Crippen molar-refractivity contribution >= 4 is 12.1 Å². The van der Waals surface area contributed by atoms with Gasteiger partial charge in [0.05, 0.1) is 12.0 Å². The number of H-pyrrole nitrogens is 1. The van der Waals surface area contributed by atoms with E-state index in [1.165, 1.54) is 6.33 Å². The minimum atomic E-state index is -1.14. The maximum atomic E-state index is 11.5. The Balaban J connectivity index is 2.58. The van der Waals surface area contributed by atoms with Crippen LogP contribution in [0.25, 0.3) is 0 Å². The molecule has 0 spiro atoms. The van der Waals surface area contributed by atoms with E-state index in [0.29, 0.717) is 5.69 Å². The van der Waals surface area contributed by atoms with Crippen LogP contribution in [0.4, 0.5) is 4.79 Å². The van der Waals surface area contributed by atoms with Gasteiger partial charge in [0, 0.05) is 12.6 Å². The molecule has 0 saturated heterocycles. The summed E-state index contributed by atoms with van der Waals surface area (Å²) < 4.78 is 5.00. The first-order valence-corrected chi connectivity index (χ1v) is 5.48. The molecule has 100 valence electrons. The molecule has 0 radical (unpaired) electrons. The Bertz CT molecular complexity index is 408. The van der Waals surface area contributed by atoms with Crippen molar-refractivity contribution in [3.05, 3.63) is 18.2 Å². The molecule has 3 N–H and O–H groups in total. The predicted molar refractivity (Wildman–Crippen MR) is 63.1 cm³/mol. The summed E-state index contributed by atoms with van der Waals surface area (Å²) in [6.45, 7) is 5.11. The van der Waals surface area contributed by atoms with Crippen molar-refractivity contribution in [2.75, 3.05) is 0 Å². The van der Waals surface area contributed by atoms with Gasteiger partial charge in [-0.2, -0.15) is 0 Å². The number of alkyl carbamates (subject to hydrolysis) is 1. The van der Waals surface area contributed by atoms with Crippen molar-refractivity contribution in [1.82, 2.24) is 15.3 Å². The van der Waals surface area contributed by atoms with Gasteiger partial charge in [-0.15, -0.1) is 0 Å². The summed E-state index contributed by atoms with van der Waals surface area (Å²) in [6, 6.07) is -1.07. The summed E-state index contributed by atoms with van der Waals surface area (Å²) in [6.07, 6.45) is 2.36. The van der Waals surface area contributed by atoms with Crippen LogP contribution in [-0.4, -0.2) is 38.8 Å². The fraction of sp³-hybridized carbons (Fsp3) is 0.545. The maximum absolute atomic E-state index is 11.5. The summed E-state index contributed by atoms with van der Waals surface area (Å²) >= 11 is 0. The Morgan fingerprint density at radius 3 is 2.67 bits per heavy atom. The van der Waals surface area contributed by atoms with Crippen LogP contribution in [0.5, 0.6) is 0 Å². The molecule has 1 amide bonds. The number of rotatable bonds is 4. The zero-order valence-electron chi connectivity index (χ0n) is 10.6. The molecule has 1 aromatic heterocycles. The van der Waals surface area contributed by atoms with Crippen LogP contribution in [0.3, 0.4) is 0 Å². The quantitative estimate of drug-likeness (QED) is 0.742. The zero-order valence-corrected chi connectivity index (χ0v) is 10.6. The van der Waals surface area contributed by atoms with E-state index in [2.05, 4.69) is 15.3 Å². The highest BCUT2D eigenvalue weighted by Crippen LogP contribution is 2.07. The number of hydrogen-bond donors (Lipinski definition) is 3. The van der Waals surface area contributed by atoms with Gasteiger partial charge >= 0.3 is 12.1 Å². The minimum Gasteiger partial charge on any atom is -0.480 e. The van der Waals surface area contributed by atoms with E-state index < -0.39 is 23.7 Å². The first-order valence-electron chi connectivity index (χ1n) is 5.48. The molecule has 7 heteroatoms. The number of amides is 1. The molecule has 0 saturated carbocycles. The molecular weight excluding hydrogens is 238 g/mol. The fourth-order valence-electron chi connectivity index (χ4n) is 1.26. The molecule has 7 nitrogen and oxygen atoms in total. The van der Waals surface area contributed by atoms with Crippen molar-refractivity contribution in [1.29, 1.82) is 0 Å². The van der Waals surface area contributed by atoms with Crippen LogP contribution >= 0.6 is 0 Å². The van der Waals surface area contributed by atoms with E-state index in [4.69, 9.17) is 9.84 Å². The standard InChI is InChI=1S/C11H17N3O4/c1-11(2,3)18-10(17)14-8(9(15)16)4-7-5-12-6-13-7/h5-6,8H,4H2,1-3H3,(H,12,13)(H,14,17)(H,15,16)/t8-/m1/s1. The summed E-state index contributed by atoms with van der Waals surface area (Å²) in [4.78, 5) is 29.1. The summed E-state index contributed by atoms with van der Waals surface area (Å²) in [5, 5.41) is 11.3. The van der Waals surface area contributed by atoms with Crippen molar-refractivity contribution < 1.29 is 19.4 Å². The van der Waals surface area contributed by atoms with E-state index in [1.54, 1.807) is 27.0 Å². The molecule has 0 aromatic carbocycles. The highest BCUT2D eigenvalue weighted by atomic mass is 16.6. The number of aromatic amines is 1. The SMILES string of the molecule is CC(C)(C)OC(=O)N[C@H](Cc1c[nH]cn1)C(=O)O. The summed E-state index contributed by atoms with van der Waals surface area (Å²) in [7, 11) is 0. The smallest absolute Gasteiger partial charge is 0.408 e. The number of hydrogen-bond acceptors (Lipinski definition) is 4. The average Bonchev–Trinajstić information content (AvgIpc) is 2.66. The van der Waals surface area contributed by atoms with Gasteiger partial charge in [-0.3, -0.25) is 0 Å². The molecule has 1 aromatic rings. The van der Waals surface area contributed by atoms with Crippen LogP contribution < -0.4 is 5.32 Å². The number of nitrogens with zero attached hydrogens (tertiary/aromatic N) is 1. The van der Waals surface area contributed by atoms with Crippen LogP contribution in [0.2, 0.25) is 0 Å². The highest BCUT2D eigenvalue weighted by molar-refractivity contribution is 5.80. The average molecular weight is 255 g/mol. The Labute approximate surface area is 105 Å². The highest BCUT2D eigenvalue weighted by Gasteiger charge is 2.24. The number of carboxylic acids is 1. The minimum absolute atomic E-state index is 0.0953. The molecule has 18 heavy (non-hydrogen) atoms. The third-order valence-corrected chi connectivity index (χ3v) is 1.96. The van der Waals surface area contributed by atoms with Crippen molar-refractivity contribution in [3.8, 4) is 0 Å². The van der Waals surface area contributed by atoms with E-state index in [9.17, 15) is 9.59 Å². The maximum Gasteiger partial charge on any atom is 0.408 e. The second-order valence-electron chi connectivity index (χ2n) is 4.80. The van der Waals surface area contributed by atoms with E-state index in [-0.39, 0.29) is 6.42 Å². The van der Waals surface area contributed by atoms with Gasteiger partial charge in [-0.1, -0.05) is 0 Å². The van der Waals surface area contributed by atoms with Crippen LogP contribution in [-0.2, 0) is 16.0 Å². The van der Waals surface area contributed by atoms with E-state index >= 15 is 0 Å². The normalized spacial score (nSPS) is 12.8. The first-order chi connectivity index (χ1) is 8.28. The third kappa shape index (κ3) is 4.86. The molecule has 1 atom stereocenters. The molecule has 1 rings (SSSR count). The zero-order chi connectivity index (χ0) is 13.8. The van der Waals surface area contributed by atoms with Crippen LogP contribution in [0, 0.1) is 0 Å². The van der Waals surface area contributed by atoms with Gasteiger partial charge in [0.1, 0.15) is 11.6 Å². The topological polar surface area (TPSA) is 104 Å². The van der Waals surface area contributed by atoms with Crippen LogP contribution in [0.1, 0.15) is 26.5 Å². The lowest BCUT2D eigenvalue weighted by atomic mass is 10.1. The largest absolute Gasteiger partial charge is 0.480 e. The molecule has 0 aliphatic heterocycles. The van der Waals surface area contributed by atoms with Gasteiger partial charge in [0.15, 0.2) is 0 Å². The number of imidazole rings is 1. The van der Waals surface area contributed by atoms with Gasteiger partial charge in [-0.05, 0) is 20.8 Å².